The van der Waals surface area contributed by atoms with Gasteiger partial charge in [-0.25, -0.2) is 9.18 Å². The zero-order valence-corrected chi connectivity index (χ0v) is 14.6. The van der Waals surface area contributed by atoms with Crippen LogP contribution in [0.2, 0.25) is 5.02 Å². The van der Waals surface area contributed by atoms with E-state index in [9.17, 15) is 18.8 Å². The third-order valence-corrected chi connectivity index (χ3v) is 5.30. The number of benzene rings is 1. The maximum Gasteiger partial charge on any atom is 0.327 e. The Hall–Kier alpha value is -2.15. The van der Waals surface area contributed by atoms with Crippen molar-refractivity contribution in [2.75, 3.05) is 18.9 Å². The Morgan fingerprint density at radius 3 is 2.64 bits per heavy atom. The van der Waals surface area contributed by atoms with Gasteiger partial charge in [-0.1, -0.05) is 36.9 Å². The molecule has 0 radical (unpaired) electrons. The van der Waals surface area contributed by atoms with E-state index in [2.05, 4.69) is 5.32 Å². The van der Waals surface area contributed by atoms with Crippen molar-refractivity contribution in [1.82, 2.24) is 9.80 Å². The lowest BCUT2D eigenvalue weighted by Crippen LogP contribution is -2.49. The molecule has 6 nitrogen and oxygen atoms in total. The van der Waals surface area contributed by atoms with E-state index in [-0.39, 0.29) is 16.6 Å². The number of carbonyl (C=O) groups is 3. The molecule has 0 unspecified atom stereocenters. The summed E-state index contributed by atoms with van der Waals surface area (Å²) in [6.45, 7) is -0.449. The molecule has 1 N–H and O–H groups in total. The molecule has 0 atom stereocenters. The molecule has 1 aromatic carbocycles. The first-order valence-corrected chi connectivity index (χ1v) is 8.58. The number of imide groups is 1. The van der Waals surface area contributed by atoms with Crippen LogP contribution in [-0.4, -0.2) is 46.8 Å². The van der Waals surface area contributed by atoms with Crippen molar-refractivity contribution >= 4 is 35.1 Å². The second-order valence-corrected chi connectivity index (χ2v) is 6.88. The molecule has 3 rings (SSSR count). The number of amides is 4. The first kappa shape index (κ1) is 17.7. The standard InChI is InChI=1S/C17H19ClFN3O3/c1-21-16(25)22(15(24)17(21)8-3-2-4-9-17)10-13(23)20-12-7-5-6-11(18)14(12)19/h5-7H,2-4,8-10H2,1H3,(H,20,23). The topological polar surface area (TPSA) is 69.7 Å². The van der Waals surface area contributed by atoms with Crippen molar-refractivity contribution in [2.24, 2.45) is 0 Å². The Morgan fingerprint density at radius 1 is 1.28 bits per heavy atom. The maximum atomic E-state index is 13.9. The highest BCUT2D eigenvalue weighted by atomic mass is 35.5. The van der Waals surface area contributed by atoms with E-state index in [0.717, 1.165) is 24.2 Å². The van der Waals surface area contributed by atoms with Crippen LogP contribution in [0.25, 0.3) is 0 Å². The van der Waals surface area contributed by atoms with E-state index in [4.69, 9.17) is 11.6 Å². The summed E-state index contributed by atoms with van der Waals surface area (Å²) in [7, 11) is 1.60. The van der Waals surface area contributed by atoms with Gasteiger partial charge >= 0.3 is 6.03 Å². The molecular weight excluding hydrogens is 349 g/mol. The van der Waals surface area contributed by atoms with Gasteiger partial charge in [0.1, 0.15) is 12.1 Å². The third-order valence-electron chi connectivity index (χ3n) is 5.01. The van der Waals surface area contributed by atoms with Crippen molar-refractivity contribution in [1.29, 1.82) is 0 Å². The number of hydrogen-bond acceptors (Lipinski definition) is 3. The third kappa shape index (κ3) is 2.97. The van der Waals surface area contributed by atoms with Gasteiger partial charge in [0, 0.05) is 7.05 Å². The first-order chi connectivity index (χ1) is 11.9. The molecule has 2 fully saturated rings. The maximum absolute atomic E-state index is 13.9. The molecular formula is C17H19ClFN3O3. The minimum Gasteiger partial charge on any atom is -0.322 e. The summed E-state index contributed by atoms with van der Waals surface area (Å²) >= 11 is 5.68. The fourth-order valence-corrected chi connectivity index (χ4v) is 3.78. The quantitative estimate of drug-likeness (QED) is 0.835. The molecule has 0 bridgehead atoms. The molecule has 8 heteroatoms. The van der Waals surface area contributed by atoms with Gasteiger partial charge in [-0.2, -0.15) is 0 Å². The van der Waals surface area contributed by atoms with Crippen LogP contribution in [0.1, 0.15) is 32.1 Å². The average Bonchev–Trinajstić information content (AvgIpc) is 2.76. The number of nitrogens with one attached hydrogen (secondary N) is 1. The molecule has 4 amide bonds. The van der Waals surface area contributed by atoms with Crippen LogP contribution in [0, 0.1) is 5.82 Å². The Balaban J connectivity index is 1.74. The molecule has 134 valence electrons. The van der Waals surface area contributed by atoms with Gasteiger partial charge in [-0.3, -0.25) is 14.5 Å². The van der Waals surface area contributed by atoms with Gasteiger partial charge in [0.05, 0.1) is 10.7 Å². The van der Waals surface area contributed by atoms with Gasteiger partial charge in [-0.05, 0) is 25.0 Å². The van der Waals surface area contributed by atoms with Crippen LogP contribution < -0.4 is 5.32 Å². The number of carbonyl (C=O) groups excluding carboxylic acids is 3. The van der Waals surface area contributed by atoms with Crippen LogP contribution in [0.15, 0.2) is 18.2 Å². The van der Waals surface area contributed by atoms with E-state index in [1.807, 2.05) is 0 Å². The number of halogens is 2. The highest BCUT2D eigenvalue weighted by Crippen LogP contribution is 2.39. The average molecular weight is 368 g/mol. The first-order valence-electron chi connectivity index (χ1n) is 8.20. The molecule has 1 spiro atoms. The van der Waals surface area contributed by atoms with Crippen molar-refractivity contribution in [3.8, 4) is 0 Å². The van der Waals surface area contributed by atoms with Gasteiger partial charge < -0.3 is 10.2 Å². The van der Waals surface area contributed by atoms with Crippen LogP contribution in [0.4, 0.5) is 14.9 Å². The molecule has 2 aliphatic rings. The summed E-state index contributed by atoms with van der Waals surface area (Å²) in [6, 6.07) is 3.73. The zero-order valence-electron chi connectivity index (χ0n) is 13.8. The molecule has 25 heavy (non-hydrogen) atoms. The monoisotopic (exact) mass is 367 g/mol. The lowest BCUT2D eigenvalue weighted by molar-refractivity contribution is -0.136. The molecule has 1 aliphatic heterocycles. The fraction of sp³-hybridized carbons (Fsp3) is 0.471. The SMILES string of the molecule is CN1C(=O)N(CC(=O)Nc2cccc(Cl)c2F)C(=O)C12CCCCC2. The van der Waals surface area contributed by atoms with Crippen molar-refractivity contribution in [3.05, 3.63) is 29.0 Å². The molecule has 1 saturated heterocycles. The number of hydrogen-bond donors (Lipinski definition) is 1. The largest absolute Gasteiger partial charge is 0.327 e. The number of rotatable bonds is 3. The smallest absolute Gasteiger partial charge is 0.322 e. The van der Waals surface area contributed by atoms with Crippen LogP contribution in [0.5, 0.6) is 0 Å². The van der Waals surface area contributed by atoms with Gasteiger partial charge in [0.15, 0.2) is 5.82 Å². The number of likely N-dealkylation sites (N-methyl/N-ethyl adjacent to an activating group) is 1. The predicted octanol–water partition coefficient (Wildman–Crippen LogP) is 3.01. The lowest BCUT2D eigenvalue weighted by Gasteiger charge is -2.35. The Morgan fingerprint density at radius 2 is 1.96 bits per heavy atom. The highest BCUT2D eigenvalue weighted by Gasteiger charge is 2.55. The summed E-state index contributed by atoms with van der Waals surface area (Å²) < 4.78 is 13.9. The minimum atomic E-state index is -0.836. The molecule has 1 aromatic rings. The normalized spacial score (nSPS) is 19.6. The second-order valence-electron chi connectivity index (χ2n) is 6.47. The molecule has 1 heterocycles. The van der Waals surface area contributed by atoms with Crippen molar-refractivity contribution < 1.29 is 18.8 Å². The summed E-state index contributed by atoms with van der Waals surface area (Å²) in [5.41, 5.74) is -0.922. The highest BCUT2D eigenvalue weighted by molar-refractivity contribution is 6.31. The van der Waals surface area contributed by atoms with E-state index in [0.29, 0.717) is 12.8 Å². The Kier molecular flexibility index (Phi) is 4.69. The number of urea groups is 1. The fourth-order valence-electron chi connectivity index (χ4n) is 3.60. The summed E-state index contributed by atoms with van der Waals surface area (Å²) in [4.78, 5) is 39.9. The van der Waals surface area contributed by atoms with E-state index >= 15 is 0 Å². The predicted molar refractivity (Wildman–Crippen MR) is 90.7 cm³/mol. The molecule has 1 aliphatic carbocycles. The molecule has 1 saturated carbocycles. The van der Waals surface area contributed by atoms with E-state index in [1.165, 1.54) is 23.1 Å². The summed E-state index contributed by atoms with van der Waals surface area (Å²) in [5.74, 6) is -1.75. The van der Waals surface area contributed by atoms with E-state index < -0.39 is 29.8 Å². The zero-order chi connectivity index (χ0) is 18.2. The van der Waals surface area contributed by atoms with Gasteiger partial charge in [0.2, 0.25) is 5.91 Å². The Labute approximate surface area is 149 Å². The van der Waals surface area contributed by atoms with Crippen LogP contribution in [0.3, 0.4) is 0 Å². The van der Waals surface area contributed by atoms with Crippen molar-refractivity contribution in [2.45, 2.75) is 37.6 Å². The van der Waals surface area contributed by atoms with Crippen LogP contribution in [-0.2, 0) is 9.59 Å². The Bertz CT molecular complexity index is 734. The molecule has 0 aromatic heterocycles. The number of nitrogens with zero attached hydrogens (tertiary/aromatic N) is 2. The van der Waals surface area contributed by atoms with Gasteiger partial charge in [-0.15, -0.1) is 0 Å². The minimum absolute atomic E-state index is 0.0858. The summed E-state index contributed by atoms with van der Waals surface area (Å²) in [5, 5.41) is 2.24. The van der Waals surface area contributed by atoms with Crippen LogP contribution >= 0.6 is 11.6 Å². The van der Waals surface area contributed by atoms with E-state index in [1.54, 1.807) is 7.05 Å². The number of anilines is 1. The van der Waals surface area contributed by atoms with Gasteiger partial charge in [0.25, 0.3) is 5.91 Å². The summed E-state index contributed by atoms with van der Waals surface area (Å²) in [6.07, 6.45) is 3.99. The lowest BCUT2D eigenvalue weighted by atomic mass is 9.81. The second kappa shape index (κ2) is 6.63. The van der Waals surface area contributed by atoms with Crippen molar-refractivity contribution in [3.63, 3.8) is 0 Å².